The van der Waals surface area contributed by atoms with E-state index in [1.165, 1.54) is 37.1 Å². The maximum absolute atomic E-state index is 6.10. The molecule has 0 aromatic heterocycles. The van der Waals surface area contributed by atoms with Crippen molar-refractivity contribution in [2.75, 3.05) is 23.7 Å². The maximum Gasteiger partial charge on any atom is 0.0600 e. The Morgan fingerprint density at radius 1 is 1.44 bits per heavy atom. The second-order valence-electron chi connectivity index (χ2n) is 4.92. The number of hydrogen-bond donors (Lipinski definition) is 1. The van der Waals surface area contributed by atoms with Crippen LogP contribution in [0, 0.1) is 12.8 Å². The number of anilines is 2. The van der Waals surface area contributed by atoms with Gasteiger partial charge in [-0.3, -0.25) is 0 Å². The van der Waals surface area contributed by atoms with Crippen LogP contribution in [-0.2, 0) is 0 Å². The number of aryl methyl sites for hydroxylation is 1. The number of nitrogens with zero attached hydrogens (tertiary/aromatic N) is 1. The fourth-order valence-electron chi connectivity index (χ4n) is 2.58. The van der Waals surface area contributed by atoms with Crippen LogP contribution in [-0.4, -0.2) is 13.1 Å². The Morgan fingerprint density at radius 2 is 2.25 bits per heavy atom. The Labute approximate surface area is 98.4 Å². The molecule has 0 radical (unpaired) electrons. The Kier molecular flexibility index (Phi) is 3.37. The molecule has 1 aliphatic rings. The molecular weight excluding hydrogens is 196 g/mol. The molecule has 1 heterocycles. The van der Waals surface area contributed by atoms with Gasteiger partial charge in [-0.15, -0.1) is 0 Å². The van der Waals surface area contributed by atoms with Crippen molar-refractivity contribution in [3.05, 3.63) is 23.8 Å². The van der Waals surface area contributed by atoms with Crippen LogP contribution in [0.3, 0.4) is 0 Å². The second-order valence-corrected chi connectivity index (χ2v) is 4.92. The van der Waals surface area contributed by atoms with Crippen molar-refractivity contribution in [3.8, 4) is 0 Å². The van der Waals surface area contributed by atoms with Gasteiger partial charge in [0.25, 0.3) is 0 Å². The van der Waals surface area contributed by atoms with Gasteiger partial charge in [0.05, 0.1) is 11.4 Å². The van der Waals surface area contributed by atoms with Crippen molar-refractivity contribution in [1.82, 2.24) is 0 Å². The lowest BCUT2D eigenvalue weighted by atomic mass is 9.95. The second kappa shape index (κ2) is 4.77. The van der Waals surface area contributed by atoms with E-state index in [1.807, 2.05) is 0 Å². The third-order valence-corrected chi connectivity index (χ3v) is 3.62. The highest BCUT2D eigenvalue weighted by atomic mass is 15.1. The summed E-state index contributed by atoms with van der Waals surface area (Å²) >= 11 is 0. The van der Waals surface area contributed by atoms with Gasteiger partial charge in [-0.05, 0) is 43.4 Å². The molecule has 2 nitrogen and oxygen atoms in total. The van der Waals surface area contributed by atoms with E-state index in [2.05, 4.69) is 36.9 Å². The Morgan fingerprint density at radius 3 is 2.94 bits per heavy atom. The molecule has 1 saturated heterocycles. The molecule has 0 spiro atoms. The standard InChI is InChI=1S/C14H22N2/c1-3-12-5-4-8-16(10-12)14-7-6-11(2)9-13(14)15/h6-7,9,12H,3-5,8,10,15H2,1-2H3. The first-order chi connectivity index (χ1) is 7.70. The van der Waals surface area contributed by atoms with Gasteiger partial charge >= 0.3 is 0 Å². The van der Waals surface area contributed by atoms with Crippen LogP contribution in [0.15, 0.2) is 18.2 Å². The highest BCUT2D eigenvalue weighted by Crippen LogP contribution is 2.29. The predicted molar refractivity (Wildman–Crippen MR) is 70.8 cm³/mol. The van der Waals surface area contributed by atoms with Crippen LogP contribution in [0.25, 0.3) is 0 Å². The zero-order valence-electron chi connectivity index (χ0n) is 10.4. The molecule has 2 N–H and O–H groups in total. The predicted octanol–water partition coefficient (Wildman–Crippen LogP) is 3.20. The lowest BCUT2D eigenvalue weighted by Crippen LogP contribution is -2.35. The van der Waals surface area contributed by atoms with Crippen molar-refractivity contribution >= 4 is 11.4 Å². The fraction of sp³-hybridized carbons (Fsp3) is 0.571. The van der Waals surface area contributed by atoms with Crippen molar-refractivity contribution in [2.24, 2.45) is 5.92 Å². The van der Waals surface area contributed by atoms with Gasteiger partial charge in [-0.2, -0.15) is 0 Å². The van der Waals surface area contributed by atoms with Crippen LogP contribution in [0.1, 0.15) is 31.7 Å². The number of hydrogen-bond acceptors (Lipinski definition) is 2. The summed E-state index contributed by atoms with van der Waals surface area (Å²) in [6.07, 6.45) is 3.95. The van der Waals surface area contributed by atoms with Crippen LogP contribution in [0.5, 0.6) is 0 Å². The molecule has 1 fully saturated rings. The molecule has 0 bridgehead atoms. The van der Waals surface area contributed by atoms with Gasteiger partial charge in [0.15, 0.2) is 0 Å². The van der Waals surface area contributed by atoms with Crippen LogP contribution in [0.2, 0.25) is 0 Å². The molecule has 16 heavy (non-hydrogen) atoms. The minimum Gasteiger partial charge on any atom is -0.397 e. The van der Waals surface area contributed by atoms with E-state index in [9.17, 15) is 0 Å². The third-order valence-electron chi connectivity index (χ3n) is 3.62. The molecule has 2 heteroatoms. The Balaban J connectivity index is 2.16. The number of nitrogen functional groups attached to an aromatic ring is 1. The van der Waals surface area contributed by atoms with E-state index in [4.69, 9.17) is 5.73 Å². The Bertz CT molecular complexity index is 360. The van der Waals surface area contributed by atoms with Crippen molar-refractivity contribution in [1.29, 1.82) is 0 Å². The SMILES string of the molecule is CCC1CCCN(c2ccc(C)cc2N)C1. The van der Waals surface area contributed by atoms with E-state index >= 15 is 0 Å². The van der Waals surface area contributed by atoms with Crippen molar-refractivity contribution < 1.29 is 0 Å². The molecule has 1 unspecified atom stereocenters. The summed E-state index contributed by atoms with van der Waals surface area (Å²) in [5.74, 6) is 0.842. The molecule has 0 saturated carbocycles. The molecule has 1 atom stereocenters. The van der Waals surface area contributed by atoms with Gasteiger partial charge < -0.3 is 10.6 Å². The number of rotatable bonds is 2. The first-order valence-corrected chi connectivity index (χ1v) is 6.31. The Hall–Kier alpha value is -1.18. The van der Waals surface area contributed by atoms with Crippen molar-refractivity contribution in [3.63, 3.8) is 0 Å². The first-order valence-electron chi connectivity index (χ1n) is 6.31. The minimum absolute atomic E-state index is 0.842. The van der Waals surface area contributed by atoms with Gasteiger partial charge in [0.2, 0.25) is 0 Å². The molecule has 88 valence electrons. The first kappa shape index (κ1) is 11.3. The molecule has 1 aromatic carbocycles. The highest BCUT2D eigenvalue weighted by molar-refractivity contribution is 5.68. The van der Waals surface area contributed by atoms with Gasteiger partial charge in [-0.25, -0.2) is 0 Å². The number of benzene rings is 1. The molecule has 0 aliphatic carbocycles. The summed E-state index contributed by atoms with van der Waals surface area (Å²) < 4.78 is 0. The number of piperidine rings is 1. The summed E-state index contributed by atoms with van der Waals surface area (Å²) in [7, 11) is 0. The van der Waals surface area contributed by atoms with Gasteiger partial charge in [-0.1, -0.05) is 19.4 Å². The normalized spacial score (nSPS) is 21.1. The third kappa shape index (κ3) is 2.31. The van der Waals surface area contributed by atoms with Gasteiger partial charge in [0.1, 0.15) is 0 Å². The monoisotopic (exact) mass is 218 g/mol. The average molecular weight is 218 g/mol. The quantitative estimate of drug-likeness (QED) is 0.772. The highest BCUT2D eigenvalue weighted by Gasteiger charge is 2.19. The van der Waals surface area contributed by atoms with Crippen molar-refractivity contribution in [2.45, 2.75) is 33.1 Å². The number of nitrogens with two attached hydrogens (primary N) is 1. The van der Waals surface area contributed by atoms with Crippen LogP contribution < -0.4 is 10.6 Å². The molecular formula is C14H22N2. The molecule has 2 rings (SSSR count). The van der Waals surface area contributed by atoms with Crippen LogP contribution >= 0.6 is 0 Å². The minimum atomic E-state index is 0.842. The molecule has 0 amide bonds. The summed E-state index contributed by atoms with van der Waals surface area (Å²) in [5.41, 5.74) is 9.49. The average Bonchev–Trinajstić information content (AvgIpc) is 2.29. The summed E-state index contributed by atoms with van der Waals surface area (Å²) in [5, 5.41) is 0. The molecule has 1 aromatic rings. The fourth-order valence-corrected chi connectivity index (χ4v) is 2.58. The lowest BCUT2D eigenvalue weighted by Gasteiger charge is -2.34. The molecule has 1 aliphatic heterocycles. The van der Waals surface area contributed by atoms with E-state index < -0.39 is 0 Å². The van der Waals surface area contributed by atoms with E-state index in [-0.39, 0.29) is 0 Å². The summed E-state index contributed by atoms with van der Waals surface area (Å²) in [6.45, 7) is 6.70. The van der Waals surface area contributed by atoms with Crippen LogP contribution in [0.4, 0.5) is 11.4 Å². The van der Waals surface area contributed by atoms with E-state index in [0.717, 1.165) is 18.2 Å². The smallest absolute Gasteiger partial charge is 0.0600 e. The zero-order chi connectivity index (χ0) is 11.5. The zero-order valence-corrected chi connectivity index (χ0v) is 10.4. The van der Waals surface area contributed by atoms with E-state index in [0.29, 0.717) is 0 Å². The summed E-state index contributed by atoms with van der Waals surface area (Å²) in [4.78, 5) is 2.45. The topological polar surface area (TPSA) is 29.3 Å². The summed E-state index contributed by atoms with van der Waals surface area (Å²) in [6, 6.07) is 6.40. The largest absolute Gasteiger partial charge is 0.397 e. The maximum atomic E-state index is 6.10. The van der Waals surface area contributed by atoms with E-state index in [1.54, 1.807) is 0 Å². The lowest BCUT2D eigenvalue weighted by molar-refractivity contribution is 0.405. The van der Waals surface area contributed by atoms with Gasteiger partial charge in [0, 0.05) is 13.1 Å².